The summed E-state index contributed by atoms with van der Waals surface area (Å²) in [6, 6.07) is 0. The van der Waals surface area contributed by atoms with Gasteiger partial charge in [0.1, 0.15) is 0 Å². The Morgan fingerprint density at radius 2 is 2.57 bits per heavy atom. The SMILES string of the molecule is [B]/C(I)=N/NC=N. The van der Waals surface area contributed by atoms with Crippen LogP contribution in [0.5, 0.6) is 0 Å². The van der Waals surface area contributed by atoms with E-state index in [1.165, 1.54) is 0 Å². The molecule has 0 aromatic carbocycles. The van der Waals surface area contributed by atoms with E-state index < -0.39 is 0 Å². The minimum Gasteiger partial charge on any atom is -0.290 e. The Morgan fingerprint density at radius 3 is 2.71 bits per heavy atom. The van der Waals surface area contributed by atoms with Crippen LogP contribution in [0.1, 0.15) is 0 Å². The molecule has 0 aliphatic rings. The Morgan fingerprint density at radius 1 is 2.00 bits per heavy atom. The highest BCUT2D eigenvalue weighted by atomic mass is 127. The van der Waals surface area contributed by atoms with Crippen molar-refractivity contribution in [3.05, 3.63) is 0 Å². The van der Waals surface area contributed by atoms with Crippen molar-refractivity contribution >= 4 is 40.4 Å². The maximum absolute atomic E-state index is 6.39. The molecule has 0 spiro atoms. The number of nitrogens with zero attached hydrogens (tertiary/aromatic N) is 1. The second-order valence-electron chi connectivity index (χ2n) is 0.708. The van der Waals surface area contributed by atoms with Crippen LogP contribution in [0, 0.1) is 5.41 Å². The van der Waals surface area contributed by atoms with Gasteiger partial charge in [-0.15, -0.1) is 0 Å². The molecule has 0 bridgehead atoms. The molecule has 36 valence electrons. The average molecular weight is 207 g/mol. The van der Waals surface area contributed by atoms with Gasteiger partial charge < -0.3 is 0 Å². The molecule has 2 N–H and O–H groups in total. The second-order valence-corrected chi connectivity index (χ2v) is 1.81. The molecule has 0 aliphatic carbocycles. The molecule has 0 fully saturated rings. The normalized spacial score (nSPS) is 10.7. The largest absolute Gasteiger partial charge is 0.290 e. The summed E-state index contributed by atoms with van der Waals surface area (Å²) in [6.45, 7) is 0. The average Bonchev–Trinajstić information content (AvgIpc) is 1.61. The molecule has 5 heteroatoms. The standard InChI is InChI=1S/C2H3BIN3/c3-2(4)7-6-1-5/h1H,(H2,5,6)/b7-2-. The monoisotopic (exact) mass is 207 g/mol. The Hall–Kier alpha value is -0.0651. The van der Waals surface area contributed by atoms with E-state index in [1.807, 2.05) is 22.6 Å². The van der Waals surface area contributed by atoms with E-state index in [9.17, 15) is 0 Å². The fourth-order valence-electron chi connectivity index (χ4n) is 0.0939. The van der Waals surface area contributed by atoms with E-state index >= 15 is 0 Å². The Bertz CT molecular complexity index is 86.9. The minimum absolute atomic E-state index is 0.390. The van der Waals surface area contributed by atoms with Crippen LogP contribution in [0.15, 0.2) is 5.10 Å². The zero-order valence-corrected chi connectivity index (χ0v) is 5.64. The lowest BCUT2D eigenvalue weighted by Crippen LogP contribution is -2.02. The molecule has 0 unspecified atom stereocenters. The zero-order chi connectivity index (χ0) is 5.70. The summed E-state index contributed by atoms with van der Waals surface area (Å²) < 4.78 is 0.390. The van der Waals surface area contributed by atoms with Crippen molar-refractivity contribution in [2.75, 3.05) is 0 Å². The molecule has 3 nitrogen and oxygen atoms in total. The fourth-order valence-corrected chi connectivity index (χ4v) is 0.233. The van der Waals surface area contributed by atoms with Gasteiger partial charge in [-0.2, -0.15) is 5.10 Å². The van der Waals surface area contributed by atoms with Crippen LogP contribution in [-0.4, -0.2) is 17.8 Å². The lowest BCUT2D eigenvalue weighted by molar-refractivity contribution is 1.06. The number of nitrogens with one attached hydrogen (secondary N) is 2. The van der Waals surface area contributed by atoms with Gasteiger partial charge in [0.15, 0.2) is 7.85 Å². The number of rotatable bonds is 2. The highest BCUT2D eigenvalue weighted by molar-refractivity contribution is 14.1. The highest BCUT2D eigenvalue weighted by Crippen LogP contribution is 1.78. The van der Waals surface area contributed by atoms with E-state index in [0.29, 0.717) is 3.62 Å². The van der Waals surface area contributed by atoms with Crippen LogP contribution in [0.3, 0.4) is 0 Å². The van der Waals surface area contributed by atoms with Crippen LogP contribution >= 0.6 is 22.6 Å². The zero-order valence-electron chi connectivity index (χ0n) is 3.48. The summed E-state index contributed by atoms with van der Waals surface area (Å²) in [5.74, 6) is 0. The first-order valence-corrected chi connectivity index (χ1v) is 2.58. The summed E-state index contributed by atoms with van der Waals surface area (Å²) in [4.78, 5) is 0. The van der Waals surface area contributed by atoms with Crippen LogP contribution in [-0.2, 0) is 0 Å². The van der Waals surface area contributed by atoms with E-state index in [2.05, 4.69) is 10.5 Å². The molecule has 7 heavy (non-hydrogen) atoms. The minimum atomic E-state index is 0.390. The lowest BCUT2D eigenvalue weighted by atomic mass is 10.2. The van der Waals surface area contributed by atoms with Gasteiger partial charge in [-0.05, 0) is 22.6 Å². The van der Waals surface area contributed by atoms with Gasteiger partial charge in [0, 0.05) is 3.62 Å². The molecule has 0 amide bonds. The lowest BCUT2D eigenvalue weighted by Gasteiger charge is -1.84. The molecular formula is C2H3BIN3. The van der Waals surface area contributed by atoms with E-state index in [-0.39, 0.29) is 0 Å². The molecule has 0 atom stereocenters. The maximum atomic E-state index is 6.39. The van der Waals surface area contributed by atoms with Crippen molar-refractivity contribution in [1.82, 2.24) is 5.43 Å². The molecule has 0 aromatic rings. The predicted molar refractivity (Wildman–Crippen MR) is 39.1 cm³/mol. The molecule has 0 saturated heterocycles. The molecule has 0 saturated carbocycles. The highest BCUT2D eigenvalue weighted by Gasteiger charge is 1.72. The maximum Gasteiger partial charge on any atom is 0.153 e. The van der Waals surface area contributed by atoms with Gasteiger partial charge in [-0.3, -0.25) is 10.8 Å². The van der Waals surface area contributed by atoms with Gasteiger partial charge in [0.25, 0.3) is 0 Å². The van der Waals surface area contributed by atoms with Crippen molar-refractivity contribution in [2.24, 2.45) is 5.10 Å². The number of hydrogen-bond acceptors (Lipinski definition) is 2. The third kappa shape index (κ3) is 5.93. The van der Waals surface area contributed by atoms with E-state index in [4.69, 9.17) is 13.3 Å². The summed E-state index contributed by atoms with van der Waals surface area (Å²) in [5.41, 5.74) is 2.24. The number of halogens is 1. The van der Waals surface area contributed by atoms with E-state index in [0.717, 1.165) is 6.34 Å². The quantitative estimate of drug-likeness (QED) is 0.217. The first kappa shape index (κ1) is 6.93. The molecule has 0 aromatic heterocycles. The smallest absolute Gasteiger partial charge is 0.153 e. The molecular weight excluding hydrogens is 204 g/mol. The third-order valence-corrected chi connectivity index (χ3v) is 0.477. The molecule has 0 rings (SSSR count). The van der Waals surface area contributed by atoms with Gasteiger partial charge in [0.05, 0.1) is 6.34 Å². The van der Waals surface area contributed by atoms with Crippen molar-refractivity contribution in [2.45, 2.75) is 0 Å². The van der Waals surface area contributed by atoms with Gasteiger partial charge >= 0.3 is 0 Å². The second kappa shape index (κ2) is 4.10. The van der Waals surface area contributed by atoms with Crippen LogP contribution < -0.4 is 5.43 Å². The molecule has 0 aliphatic heterocycles. The van der Waals surface area contributed by atoms with Crippen LogP contribution in [0.4, 0.5) is 0 Å². The van der Waals surface area contributed by atoms with Crippen LogP contribution in [0.25, 0.3) is 0 Å². The Balaban J connectivity index is 3.25. The summed E-state index contributed by atoms with van der Waals surface area (Å²) in [5, 5.41) is 9.82. The third-order valence-electron chi connectivity index (χ3n) is 0.236. The first-order chi connectivity index (χ1) is 3.27. The summed E-state index contributed by atoms with van der Waals surface area (Å²) >= 11 is 1.83. The van der Waals surface area contributed by atoms with Crippen LogP contribution in [0.2, 0.25) is 0 Å². The first-order valence-electron chi connectivity index (χ1n) is 1.50. The van der Waals surface area contributed by atoms with E-state index in [1.54, 1.807) is 0 Å². The predicted octanol–water partition coefficient (Wildman–Crippen LogP) is 0.0576. The molecule has 0 heterocycles. The van der Waals surface area contributed by atoms with Crippen molar-refractivity contribution in [1.29, 1.82) is 5.41 Å². The summed E-state index contributed by atoms with van der Waals surface area (Å²) in [6.07, 6.45) is 0.950. The molecule has 2 radical (unpaired) electrons. The van der Waals surface area contributed by atoms with Crippen molar-refractivity contribution in [3.63, 3.8) is 0 Å². The Kier molecular flexibility index (Phi) is 4.07. The number of hydrazone groups is 1. The van der Waals surface area contributed by atoms with Gasteiger partial charge in [0.2, 0.25) is 0 Å². The van der Waals surface area contributed by atoms with Crippen molar-refractivity contribution < 1.29 is 0 Å². The summed E-state index contributed by atoms with van der Waals surface area (Å²) in [7, 11) is 5.05. The Labute approximate surface area is 56.6 Å². The topological polar surface area (TPSA) is 48.2 Å². The number of hydrogen-bond donors (Lipinski definition) is 2. The van der Waals surface area contributed by atoms with Crippen molar-refractivity contribution in [3.8, 4) is 0 Å². The van der Waals surface area contributed by atoms with Gasteiger partial charge in [-0.25, -0.2) is 0 Å². The fraction of sp³-hybridized carbons (Fsp3) is 0. The van der Waals surface area contributed by atoms with Gasteiger partial charge in [-0.1, -0.05) is 0 Å².